The van der Waals surface area contributed by atoms with Crippen LogP contribution >= 0.6 is 0 Å². The minimum atomic E-state index is -4.19. The number of pyridine rings is 1. The van der Waals surface area contributed by atoms with Crippen LogP contribution in [0.5, 0.6) is 0 Å². The van der Waals surface area contributed by atoms with Crippen molar-refractivity contribution >= 4 is 0 Å². The molecule has 1 aromatic rings. The average Bonchev–Trinajstić information content (AvgIpc) is 2.24. The minimum absolute atomic E-state index is 0.240. The summed E-state index contributed by atoms with van der Waals surface area (Å²) in [6.45, 7) is 0. The van der Waals surface area contributed by atoms with Crippen LogP contribution in [-0.4, -0.2) is 22.4 Å². The van der Waals surface area contributed by atoms with Crippen molar-refractivity contribution in [1.82, 2.24) is 4.98 Å². The van der Waals surface area contributed by atoms with Crippen molar-refractivity contribution in [2.24, 2.45) is 0 Å². The van der Waals surface area contributed by atoms with Gasteiger partial charge >= 0.3 is 6.18 Å². The number of alkyl halides is 3. The Bertz CT molecular complexity index is 300. The van der Waals surface area contributed by atoms with Crippen molar-refractivity contribution in [3.8, 4) is 0 Å². The number of aliphatic hydroxyl groups is 1. The van der Waals surface area contributed by atoms with E-state index < -0.39 is 18.7 Å². The van der Waals surface area contributed by atoms with E-state index in [9.17, 15) is 18.3 Å². The van der Waals surface area contributed by atoms with Crippen LogP contribution in [0.15, 0.2) is 24.4 Å². The van der Waals surface area contributed by atoms with E-state index in [2.05, 4.69) is 4.98 Å². The number of hydrogen-bond donors (Lipinski definition) is 1. The molecule has 0 aliphatic heterocycles. The highest BCUT2D eigenvalue weighted by Crippen LogP contribution is 2.23. The second-order valence-corrected chi connectivity index (χ2v) is 3.67. The number of rotatable bonds is 5. The van der Waals surface area contributed by atoms with Crippen molar-refractivity contribution < 1.29 is 18.3 Å². The van der Waals surface area contributed by atoms with Gasteiger partial charge in [-0.15, -0.1) is 0 Å². The number of hydrogen-bond acceptors (Lipinski definition) is 2. The highest BCUT2D eigenvalue weighted by atomic mass is 19.4. The molecule has 16 heavy (non-hydrogen) atoms. The minimum Gasteiger partial charge on any atom is -0.393 e. The molecule has 0 aliphatic rings. The normalized spacial score (nSPS) is 13.8. The second-order valence-electron chi connectivity index (χ2n) is 3.67. The van der Waals surface area contributed by atoms with Crippen LogP contribution in [0.1, 0.15) is 25.0 Å². The maximum atomic E-state index is 11.9. The van der Waals surface area contributed by atoms with Gasteiger partial charge in [-0.05, 0) is 31.4 Å². The fourth-order valence-corrected chi connectivity index (χ4v) is 1.34. The first kappa shape index (κ1) is 13.0. The molecule has 1 aromatic heterocycles. The molecule has 1 heterocycles. The van der Waals surface area contributed by atoms with Crippen molar-refractivity contribution in [3.63, 3.8) is 0 Å². The van der Waals surface area contributed by atoms with E-state index in [1.165, 1.54) is 0 Å². The van der Waals surface area contributed by atoms with Crippen molar-refractivity contribution in [2.45, 2.75) is 38.0 Å². The van der Waals surface area contributed by atoms with Crippen LogP contribution in [0.4, 0.5) is 13.2 Å². The van der Waals surface area contributed by atoms with Gasteiger partial charge < -0.3 is 5.11 Å². The predicted molar refractivity (Wildman–Crippen MR) is 53.9 cm³/mol. The van der Waals surface area contributed by atoms with Crippen LogP contribution in [0, 0.1) is 0 Å². The van der Waals surface area contributed by atoms with E-state index >= 15 is 0 Å². The molecular weight excluding hydrogens is 219 g/mol. The maximum absolute atomic E-state index is 11.9. The third-order valence-electron chi connectivity index (χ3n) is 2.22. The first-order valence-electron chi connectivity index (χ1n) is 5.12. The monoisotopic (exact) mass is 233 g/mol. The van der Waals surface area contributed by atoms with E-state index in [4.69, 9.17) is 0 Å². The Morgan fingerprint density at radius 3 is 2.56 bits per heavy atom. The van der Waals surface area contributed by atoms with Crippen LogP contribution in [0.2, 0.25) is 0 Å². The number of aliphatic hydroxyl groups excluding tert-OH is 1. The van der Waals surface area contributed by atoms with Crippen molar-refractivity contribution in [1.29, 1.82) is 0 Å². The van der Waals surface area contributed by atoms with Crippen molar-refractivity contribution in [2.75, 3.05) is 0 Å². The zero-order valence-electron chi connectivity index (χ0n) is 8.74. The third kappa shape index (κ3) is 5.70. The fraction of sp³-hybridized carbons (Fsp3) is 0.545. The largest absolute Gasteiger partial charge is 0.393 e. The molecular formula is C11H14F3NO. The Hall–Kier alpha value is -1.10. The summed E-state index contributed by atoms with van der Waals surface area (Å²) in [6.07, 6.45) is -3.84. The molecule has 2 nitrogen and oxygen atoms in total. The summed E-state index contributed by atoms with van der Waals surface area (Å²) < 4.78 is 35.6. The van der Waals surface area contributed by atoms with Crippen LogP contribution in [0.3, 0.4) is 0 Å². The summed E-state index contributed by atoms with van der Waals surface area (Å²) in [7, 11) is 0. The number of aromatic nitrogens is 1. The predicted octanol–water partition coefficient (Wildman–Crippen LogP) is 2.72. The lowest BCUT2D eigenvalue weighted by Crippen LogP contribution is -2.15. The average molecular weight is 233 g/mol. The SMILES string of the molecule is OC(CCc1ccccn1)CCC(F)(F)F. The molecule has 90 valence electrons. The Morgan fingerprint density at radius 2 is 2.00 bits per heavy atom. The standard InChI is InChI=1S/C11H14F3NO/c12-11(13,14)7-6-10(16)5-4-9-3-1-2-8-15-9/h1-3,8,10,16H,4-7H2. The summed E-state index contributed by atoms with van der Waals surface area (Å²) in [4.78, 5) is 4.03. The zero-order valence-corrected chi connectivity index (χ0v) is 8.74. The van der Waals surface area contributed by atoms with Crippen LogP contribution < -0.4 is 0 Å². The lowest BCUT2D eigenvalue weighted by atomic mass is 10.1. The first-order valence-corrected chi connectivity index (χ1v) is 5.12. The Balaban J connectivity index is 2.23. The van der Waals surface area contributed by atoms with Gasteiger partial charge in [0.25, 0.3) is 0 Å². The molecule has 1 N–H and O–H groups in total. The molecule has 0 saturated carbocycles. The highest BCUT2D eigenvalue weighted by molar-refractivity contribution is 5.03. The smallest absolute Gasteiger partial charge is 0.389 e. The topological polar surface area (TPSA) is 33.1 Å². The molecule has 1 atom stereocenters. The van der Waals surface area contributed by atoms with Gasteiger partial charge in [-0.25, -0.2) is 0 Å². The van der Waals surface area contributed by atoms with Gasteiger partial charge in [-0.1, -0.05) is 6.07 Å². The Kier molecular flexibility index (Phi) is 4.73. The summed E-state index contributed by atoms with van der Waals surface area (Å²) in [5, 5.41) is 9.35. The highest BCUT2D eigenvalue weighted by Gasteiger charge is 2.27. The van der Waals surface area contributed by atoms with Gasteiger partial charge in [0, 0.05) is 18.3 Å². The van der Waals surface area contributed by atoms with Gasteiger partial charge in [-0.3, -0.25) is 4.98 Å². The van der Waals surface area contributed by atoms with Crippen LogP contribution in [-0.2, 0) is 6.42 Å². The molecule has 0 saturated heterocycles. The van der Waals surface area contributed by atoms with E-state index in [0.717, 1.165) is 5.69 Å². The maximum Gasteiger partial charge on any atom is 0.389 e. The van der Waals surface area contributed by atoms with E-state index in [1.807, 2.05) is 6.07 Å². The van der Waals surface area contributed by atoms with Gasteiger partial charge in [0.2, 0.25) is 0 Å². The number of halogens is 3. The van der Waals surface area contributed by atoms with Gasteiger partial charge in [0.05, 0.1) is 6.10 Å². The van der Waals surface area contributed by atoms with Crippen molar-refractivity contribution in [3.05, 3.63) is 30.1 Å². The Morgan fingerprint density at radius 1 is 1.25 bits per heavy atom. The quantitative estimate of drug-likeness (QED) is 0.848. The number of nitrogens with zero attached hydrogens (tertiary/aromatic N) is 1. The lowest BCUT2D eigenvalue weighted by molar-refractivity contribution is -0.140. The molecule has 0 amide bonds. The summed E-state index contributed by atoms with van der Waals surface area (Å²) in [6, 6.07) is 5.37. The van der Waals surface area contributed by atoms with Gasteiger partial charge in [0.15, 0.2) is 0 Å². The van der Waals surface area contributed by atoms with Gasteiger partial charge in [-0.2, -0.15) is 13.2 Å². The molecule has 1 rings (SSSR count). The molecule has 0 fully saturated rings. The fourth-order valence-electron chi connectivity index (χ4n) is 1.34. The third-order valence-corrected chi connectivity index (χ3v) is 2.22. The summed E-state index contributed by atoms with van der Waals surface area (Å²) in [5.41, 5.74) is 0.786. The summed E-state index contributed by atoms with van der Waals surface area (Å²) >= 11 is 0. The van der Waals surface area contributed by atoms with E-state index in [1.54, 1.807) is 18.3 Å². The molecule has 1 unspecified atom stereocenters. The number of aryl methyl sites for hydroxylation is 1. The molecule has 0 aliphatic carbocycles. The first-order chi connectivity index (χ1) is 7.47. The second kappa shape index (κ2) is 5.84. The van der Waals surface area contributed by atoms with Gasteiger partial charge in [0.1, 0.15) is 0 Å². The van der Waals surface area contributed by atoms with E-state index in [0.29, 0.717) is 12.8 Å². The van der Waals surface area contributed by atoms with E-state index in [-0.39, 0.29) is 6.42 Å². The molecule has 0 bridgehead atoms. The zero-order chi connectivity index (χ0) is 12.0. The molecule has 0 spiro atoms. The Labute approximate surface area is 92.1 Å². The summed E-state index contributed by atoms with van der Waals surface area (Å²) in [5.74, 6) is 0. The molecule has 0 aromatic carbocycles. The van der Waals surface area contributed by atoms with Crippen LogP contribution in [0.25, 0.3) is 0 Å². The molecule has 5 heteroatoms. The molecule has 0 radical (unpaired) electrons. The lowest BCUT2D eigenvalue weighted by Gasteiger charge is -2.11.